The second-order valence-corrected chi connectivity index (χ2v) is 8.36. The molecule has 4 N–H and O–H groups in total. The summed E-state index contributed by atoms with van der Waals surface area (Å²) in [6.45, 7) is 0. The lowest BCUT2D eigenvalue weighted by Gasteiger charge is -2.18. The monoisotopic (exact) mass is 448 g/mol. The topological polar surface area (TPSA) is 124 Å². The molecule has 168 valence electrons. The molecule has 33 heavy (non-hydrogen) atoms. The summed E-state index contributed by atoms with van der Waals surface area (Å²) in [5.41, 5.74) is 3.51. The van der Waals surface area contributed by atoms with Gasteiger partial charge in [0.2, 0.25) is 5.91 Å². The van der Waals surface area contributed by atoms with Gasteiger partial charge < -0.3 is 20.7 Å². The molecule has 3 aromatic rings. The highest BCUT2D eigenvalue weighted by atomic mass is 19.1. The number of aromatic nitrogens is 2. The van der Waals surface area contributed by atoms with Crippen molar-refractivity contribution in [3.8, 4) is 11.3 Å². The first kappa shape index (κ1) is 20.9. The lowest BCUT2D eigenvalue weighted by Crippen LogP contribution is -2.26. The van der Waals surface area contributed by atoms with Crippen molar-refractivity contribution in [3.05, 3.63) is 59.9 Å². The number of rotatable bonds is 6. The van der Waals surface area contributed by atoms with E-state index < -0.39 is 29.9 Å². The third-order valence-corrected chi connectivity index (χ3v) is 5.98. The summed E-state index contributed by atoms with van der Waals surface area (Å²) in [6.07, 6.45) is 0.741. The summed E-state index contributed by atoms with van der Waals surface area (Å²) in [5, 5.41) is 15.4. The molecule has 8 nitrogen and oxygen atoms in total. The Kier molecular flexibility index (Phi) is 5.16. The van der Waals surface area contributed by atoms with Crippen molar-refractivity contribution in [1.82, 2.24) is 9.97 Å². The molecule has 2 aliphatic carbocycles. The standard InChI is InChI=1S/C24H21FN4O4/c25-16-11-15(16)23(31)29-19-10-12(6-7-26-19)21-22(27-14-4-2-1-3-5-14)20-17(28-21)8-13(24(32)33)9-18(20)30/h1-7,10,13,15-16,27-28H,8-9,11H2,(H,32,33)(H,26,29,31)/t13?,15-,16+/m0/s1. The molecule has 1 unspecified atom stereocenters. The van der Waals surface area contributed by atoms with Gasteiger partial charge in [-0.05, 0) is 30.7 Å². The van der Waals surface area contributed by atoms with E-state index in [9.17, 15) is 23.9 Å². The Hall–Kier alpha value is -4.01. The van der Waals surface area contributed by atoms with Gasteiger partial charge in [-0.15, -0.1) is 0 Å². The number of fused-ring (bicyclic) bond motifs is 1. The van der Waals surface area contributed by atoms with Crippen LogP contribution in [-0.4, -0.2) is 38.9 Å². The zero-order valence-electron chi connectivity index (χ0n) is 17.5. The minimum absolute atomic E-state index is 0.0769. The first-order valence-electron chi connectivity index (χ1n) is 10.6. The summed E-state index contributed by atoms with van der Waals surface area (Å²) in [6, 6.07) is 12.7. The molecule has 1 saturated carbocycles. The van der Waals surface area contributed by atoms with Crippen LogP contribution < -0.4 is 10.6 Å². The minimum Gasteiger partial charge on any atom is -0.481 e. The molecule has 2 aliphatic rings. The van der Waals surface area contributed by atoms with Gasteiger partial charge >= 0.3 is 5.97 Å². The molecule has 0 radical (unpaired) electrons. The first-order valence-corrected chi connectivity index (χ1v) is 10.6. The number of anilines is 3. The van der Waals surface area contributed by atoms with Gasteiger partial charge in [0.1, 0.15) is 12.0 Å². The highest BCUT2D eigenvalue weighted by Crippen LogP contribution is 2.40. The maximum absolute atomic E-state index is 13.2. The van der Waals surface area contributed by atoms with Crippen LogP contribution in [0.25, 0.3) is 11.3 Å². The van der Waals surface area contributed by atoms with Gasteiger partial charge in [0.05, 0.1) is 28.8 Å². The Balaban J connectivity index is 1.55. The number of pyridine rings is 1. The number of H-pyrrole nitrogens is 1. The molecular weight excluding hydrogens is 427 g/mol. The molecule has 0 bridgehead atoms. The van der Waals surface area contributed by atoms with E-state index in [2.05, 4.69) is 20.6 Å². The van der Waals surface area contributed by atoms with E-state index in [4.69, 9.17) is 0 Å². The Morgan fingerprint density at radius 2 is 1.91 bits per heavy atom. The van der Waals surface area contributed by atoms with Gasteiger partial charge in [-0.1, -0.05) is 18.2 Å². The Labute approximate surface area is 188 Å². The SMILES string of the molecule is O=C1CC(C(=O)O)Cc2[nH]c(-c3ccnc(NC(=O)[C@H]4C[C@H]4F)c3)c(Nc3ccccc3)c21. The predicted molar refractivity (Wildman–Crippen MR) is 119 cm³/mol. The zero-order chi connectivity index (χ0) is 23.1. The van der Waals surface area contributed by atoms with Crippen LogP contribution in [0.4, 0.5) is 21.6 Å². The molecule has 1 aromatic carbocycles. The molecule has 1 amide bonds. The fraction of sp³-hybridized carbons (Fsp3) is 0.250. The number of carboxylic acids is 1. The Morgan fingerprint density at radius 1 is 1.15 bits per heavy atom. The van der Waals surface area contributed by atoms with Crippen molar-refractivity contribution in [2.75, 3.05) is 10.6 Å². The van der Waals surface area contributed by atoms with Gasteiger partial charge in [0, 0.05) is 36.0 Å². The number of halogens is 1. The highest BCUT2D eigenvalue weighted by molar-refractivity contribution is 6.09. The lowest BCUT2D eigenvalue weighted by atomic mass is 9.86. The predicted octanol–water partition coefficient (Wildman–Crippen LogP) is 3.95. The van der Waals surface area contributed by atoms with E-state index in [1.54, 1.807) is 12.1 Å². The largest absolute Gasteiger partial charge is 0.481 e. The molecule has 3 atom stereocenters. The van der Waals surface area contributed by atoms with Crippen LogP contribution in [0.2, 0.25) is 0 Å². The maximum atomic E-state index is 13.2. The molecule has 1 fully saturated rings. The number of nitrogens with zero attached hydrogens (tertiary/aromatic N) is 1. The number of hydrogen-bond donors (Lipinski definition) is 4. The molecule has 0 aliphatic heterocycles. The number of ketones is 1. The molecule has 5 rings (SSSR count). The van der Waals surface area contributed by atoms with E-state index in [1.165, 1.54) is 6.20 Å². The second kappa shape index (κ2) is 8.16. The third kappa shape index (κ3) is 4.09. The van der Waals surface area contributed by atoms with E-state index in [-0.39, 0.29) is 30.9 Å². The van der Waals surface area contributed by atoms with Crippen molar-refractivity contribution in [2.45, 2.75) is 25.4 Å². The third-order valence-electron chi connectivity index (χ3n) is 5.98. The van der Waals surface area contributed by atoms with Crippen molar-refractivity contribution >= 4 is 34.9 Å². The average Bonchev–Trinajstić information content (AvgIpc) is 3.42. The van der Waals surface area contributed by atoms with Crippen LogP contribution in [0.3, 0.4) is 0 Å². The van der Waals surface area contributed by atoms with E-state index in [0.29, 0.717) is 28.2 Å². The summed E-state index contributed by atoms with van der Waals surface area (Å²) in [7, 11) is 0. The van der Waals surface area contributed by atoms with Crippen LogP contribution in [0.5, 0.6) is 0 Å². The number of carbonyl (C=O) groups excluding carboxylic acids is 2. The van der Waals surface area contributed by atoms with Crippen LogP contribution in [0.1, 0.15) is 28.9 Å². The van der Waals surface area contributed by atoms with E-state index in [1.807, 2.05) is 30.3 Å². The fourth-order valence-corrected chi connectivity index (χ4v) is 4.15. The average molecular weight is 448 g/mol. The number of alkyl halides is 1. The minimum atomic E-state index is -1.11. The summed E-state index contributed by atoms with van der Waals surface area (Å²) in [4.78, 5) is 44.0. The van der Waals surface area contributed by atoms with Gasteiger partial charge in [-0.25, -0.2) is 9.37 Å². The van der Waals surface area contributed by atoms with E-state index in [0.717, 1.165) is 5.69 Å². The van der Waals surface area contributed by atoms with Crippen molar-refractivity contribution < 1.29 is 23.9 Å². The number of para-hydroxylation sites is 1. The number of aromatic amines is 1. The zero-order valence-corrected chi connectivity index (χ0v) is 17.5. The Bertz CT molecular complexity index is 1260. The molecular formula is C24H21FN4O4. The van der Waals surface area contributed by atoms with Crippen molar-refractivity contribution in [3.63, 3.8) is 0 Å². The number of carboxylic acid groups (broad SMARTS) is 1. The first-order chi connectivity index (χ1) is 15.9. The lowest BCUT2D eigenvalue weighted by molar-refractivity contribution is -0.141. The normalized spacial score (nSPS) is 21.2. The quantitative estimate of drug-likeness (QED) is 0.453. The summed E-state index contributed by atoms with van der Waals surface area (Å²) in [5.74, 6) is -2.85. The molecule has 0 saturated heterocycles. The highest BCUT2D eigenvalue weighted by Gasteiger charge is 2.43. The Morgan fingerprint density at radius 3 is 2.61 bits per heavy atom. The van der Waals surface area contributed by atoms with Gasteiger partial charge in [0.25, 0.3) is 0 Å². The smallest absolute Gasteiger partial charge is 0.307 e. The second-order valence-electron chi connectivity index (χ2n) is 8.36. The summed E-state index contributed by atoms with van der Waals surface area (Å²) >= 11 is 0. The summed E-state index contributed by atoms with van der Waals surface area (Å²) < 4.78 is 13.2. The number of benzene rings is 1. The van der Waals surface area contributed by atoms with Crippen LogP contribution in [0.15, 0.2) is 48.7 Å². The van der Waals surface area contributed by atoms with E-state index >= 15 is 0 Å². The van der Waals surface area contributed by atoms with Crippen LogP contribution >= 0.6 is 0 Å². The van der Waals surface area contributed by atoms with Gasteiger partial charge in [-0.3, -0.25) is 14.4 Å². The molecule has 2 aromatic heterocycles. The number of hydrogen-bond acceptors (Lipinski definition) is 5. The van der Waals surface area contributed by atoms with Crippen molar-refractivity contribution in [1.29, 1.82) is 0 Å². The van der Waals surface area contributed by atoms with Gasteiger partial charge in [0.15, 0.2) is 5.78 Å². The molecule has 9 heteroatoms. The molecule has 2 heterocycles. The van der Waals surface area contributed by atoms with Gasteiger partial charge in [-0.2, -0.15) is 0 Å². The number of nitrogens with one attached hydrogen (secondary N) is 3. The van der Waals surface area contributed by atoms with Crippen LogP contribution in [0, 0.1) is 11.8 Å². The number of aliphatic carboxylic acids is 1. The number of carbonyl (C=O) groups is 3. The number of amides is 1. The van der Waals surface area contributed by atoms with Crippen molar-refractivity contribution in [2.24, 2.45) is 11.8 Å². The molecule has 0 spiro atoms. The number of Topliss-reactive ketones (excluding diaryl/α,β-unsaturated/α-hetero) is 1. The fourth-order valence-electron chi connectivity index (χ4n) is 4.15. The maximum Gasteiger partial charge on any atom is 0.307 e. The van der Waals surface area contributed by atoms with Crippen LogP contribution in [-0.2, 0) is 16.0 Å².